The average molecular weight is 386 g/mol. The Morgan fingerprint density at radius 1 is 1.11 bits per heavy atom. The summed E-state index contributed by atoms with van der Waals surface area (Å²) in [7, 11) is -4.34. The van der Waals surface area contributed by atoms with Gasteiger partial charge >= 0.3 is 6.03 Å². The molecule has 0 bridgehead atoms. The third-order valence-corrected chi connectivity index (χ3v) is 5.65. The molecule has 0 spiro atoms. The highest BCUT2D eigenvalue weighted by molar-refractivity contribution is 7.90. The topological polar surface area (TPSA) is 92.8 Å². The molecule has 8 heteroatoms. The Morgan fingerprint density at radius 2 is 1.85 bits per heavy atom. The van der Waals surface area contributed by atoms with E-state index in [1.807, 2.05) is 6.07 Å². The maximum Gasteiger partial charge on any atom is 0.339 e. The van der Waals surface area contributed by atoms with Crippen molar-refractivity contribution in [1.29, 1.82) is 0 Å². The summed E-state index contributed by atoms with van der Waals surface area (Å²) < 4.78 is 31.3. The molecule has 2 aromatic carbocycles. The van der Waals surface area contributed by atoms with Crippen LogP contribution in [-0.4, -0.2) is 37.3 Å². The van der Waals surface area contributed by atoms with Crippen molar-refractivity contribution in [2.45, 2.75) is 17.4 Å². The van der Waals surface area contributed by atoms with Crippen LogP contribution in [0, 0.1) is 0 Å². The molecule has 0 aromatic heterocycles. The Kier molecular flexibility index (Phi) is 5.27. The highest BCUT2D eigenvalue weighted by Crippen LogP contribution is 2.24. The first kappa shape index (κ1) is 18.7. The summed E-state index contributed by atoms with van der Waals surface area (Å²) in [4.78, 5) is 24.6. The lowest BCUT2D eigenvalue weighted by Crippen LogP contribution is -2.37. The lowest BCUT2D eigenvalue weighted by Gasteiger charge is -2.14. The molecule has 0 radical (unpaired) electrons. The molecule has 0 saturated carbocycles. The van der Waals surface area contributed by atoms with Crippen molar-refractivity contribution < 1.29 is 22.7 Å². The van der Waals surface area contributed by atoms with Crippen LogP contribution >= 0.6 is 0 Å². The summed E-state index contributed by atoms with van der Waals surface area (Å²) in [5.41, 5.74) is 0.815. The summed E-state index contributed by atoms with van der Waals surface area (Å²) in [5, 5.41) is 2.44. The normalized spacial score (nSPS) is 16.9. The van der Waals surface area contributed by atoms with Crippen LogP contribution in [-0.2, 0) is 21.2 Å². The molecule has 1 N–H and O–H groups in total. The molecule has 2 aromatic rings. The number of carbonyl (C=O) groups excluding carboxylic acids is 2. The van der Waals surface area contributed by atoms with E-state index in [-0.39, 0.29) is 22.2 Å². The molecule has 0 unspecified atom stereocenters. The highest BCUT2D eigenvalue weighted by Gasteiger charge is 2.46. The molecule has 1 atom stereocenters. The van der Waals surface area contributed by atoms with Crippen LogP contribution in [0.25, 0.3) is 0 Å². The minimum atomic E-state index is -4.34. The van der Waals surface area contributed by atoms with Gasteiger partial charge in [-0.3, -0.25) is 4.79 Å². The molecule has 27 heavy (non-hydrogen) atoms. The zero-order valence-corrected chi connectivity index (χ0v) is 15.2. The van der Waals surface area contributed by atoms with Crippen molar-refractivity contribution in [2.75, 3.05) is 6.61 Å². The number of carbonyl (C=O) groups is 2. The zero-order valence-electron chi connectivity index (χ0n) is 14.4. The number of hydrogen-bond acceptors (Lipinski definition) is 5. The fourth-order valence-corrected chi connectivity index (χ4v) is 4.07. The minimum Gasteiger partial charge on any atom is -0.490 e. The van der Waals surface area contributed by atoms with Gasteiger partial charge in [0, 0.05) is 12.5 Å². The van der Waals surface area contributed by atoms with Gasteiger partial charge in [0.05, 0.1) is 4.90 Å². The first-order valence-electron chi connectivity index (χ1n) is 8.21. The molecular formula is C19H18N2O5S. The molecule has 0 aliphatic carbocycles. The van der Waals surface area contributed by atoms with Crippen LogP contribution in [0.4, 0.5) is 4.79 Å². The van der Waals surface area contributed by atoms with Gasteiger partial charge in [-0.05, 0) is 17.7 Å². The van der Waals surface area contributed by atoms with E-state index in [1.165, 1.54) is 24.3 Å². The van der Waals surface area contributed by atoms with Gasteiger partial charge in [0.25, 0.3) is 15.9 Å². The number of rotatable bonds is 7. The van der Waals surface area contributed by atoms with E-state index in [2.05, 4.69) is 11.9 Å². The van der Waals surface area contributed by atoms with Gasteiger partial charge in [0.15, 0.2) is 0 Å². The van der Waals surface area contributed by atoms with Gasteiger partial charge in [0.2, 0.25) is 0 Å². The van der Waals surface area contributed by atoms with E-state index >= 15 is 0 Å². The molecule has 1 aliphatic heterocycles. The molecule has 3 rings (SSSR count). The van der Waals surface area contributed by atoms with Gasteiger partial charge in [0.1, 0.15) is 18.4 Å². The zero-order chi connectivity index (χ0) is 19.4. The van der Waals surface area contributed by atoms with Crippen molar-refractivity contribution in [3.63, 3.8) is 0 Å². The molecule has 1 saturated heterocycles. The van der Waals surface area contributed by atoms with Crippen molar-refractivity contribution in [3.05, 3.63) is 72.8 Å². The van der Waals surface area contributed by atoms with Gasteiger partial charge in [-0.2, -0.15) is 0 Å². The van der Waals surface area contributed by atoms with Gasteiger partial charge in [-0.1, -0.05) is 49.1 Å². The van der Waals surface area contributed by atoms with Crippen molar-refractivity contribution >= 4 is 22.0 Å². The number of sulfonamides is 1. The maximum atomic E-state index is 12.8. The predicted octanol–water partition coefficient (Wildman–Crippen LogP) is 2.10. The fourth-order valence-electron chi connectivity index (χ4n) is 2.71. The standard InChI is InChI=1S/C19H18N2O5S/c1-2-11-26-15-9-6-10-16(13-15)27(24,25)21-18(22)17(20-19(21)23)12-14-7-4-3-5-8-14/h2-10,13,17H,1,11-12H2,(H,20,23)/t17-/m0/s1. The number of nitrogens with zero attached hydrogens (tertiary/aromatic N) is 1. The van der Waals surface area contributed by atoms with E-state index in [4.69, 9.17) is 4.74 Å². The second-order valence-corrected chi connectivity index (χ2v) is 7.66. The molecule has 140 valence electrons. The minimum absolute atomic E-state index is 0.200. The van der Waals surface area contributed by atoms with E-state index in [1.54, 1.807) is 30.3 Å². The van der Waals surface area contributed by atoms with Crippen LogP contribution < -0.4 is 10.1 Å². The Hall–Kier alpha value is -3.13. The Balaban J connectivity index is 1.85. The molecular weight excluding hydrogens is 368 g/mol. The van der Waals surface area contributed by atoms with E-state index in [9.17, 15) is 18.0 Å². The van der Waals surface area contributed by atoms with Crippen LogP contribution in [0.2, 0.25) is 0 Å². The summed E-state index contributed by atoms with van der Waals surface area (Å²) in [6.45, 7) is 3.72. The number of urea groups is 1. The first-order valence-corrected chi connectivity index (χ1v) is 9.65. The third-order valence-electron chi connectivity index (χ3n) is 3.97. The SMILES string of the molecule is C=CCOc1cccc(S(=O)(=O)N2C(=O)N[C@@H](Cc3ccccc3)C2=O)c1. The third kappa shape index (κ3) is 3.85. The largest absolute Gasteiger partial charge is 0.490 e. The average Bonchev–Trinajstić information content (AvgIpc) is 2.95. The van der Waals surface area contributed by atoms with Gasteiger partial charge in [-0.25, -0.2) is 13.2 Å². The molecule has 1 fully saturated rings. The number of hydrogen-bond donors (Lipinski definition) is 1. The first-order chi connectivity index (χ1) is 12.9. The van der Waals surface area contributed by atoms with Gasteiger partial charge < -0.3 is 10.1 Å². The van der Waals surface area contributed by atoms with Crippen LogP contribution in [0.3, 0.4) is 0 Å². The lowest BCUT2D eigenvalue weighted by atomic mass is 10.1. The smallest absolute Gasteiger partial charge is 0.339 e. The van der Waals surface area contributed by atoms with E-state index < -0.39 is 28.0 Å². The molecule has 3 amide bonds. The summed E-state index contributed by atoms with van der Waals surface area (Å²) in [6.07, 6.45) is 1.73. The monoisotopic (exact) mass is 386 g/mol. The Morgan fingerprint density at radius 3 is 2.56 bits per heavy atom. The lowest BCUT2D eigenvalue weighted by molar-refractivity contribution is -0.124. The van der Waals surface area contributed by atoms with Crippen molar-refractivity contribution in [3.8, 4) is 5.75 Å². The number of benzene rings is 2. The highest BCUT2D eigenvalue weighted by atomic mass is 32.2. The second kappa shape index (κ2) is 7.63. The number of nitrogens with one attached hydrogen (secondary N) is 1. The fraction of sp³-hybridized carbons (Fsp3) is 0.158. The quantitative estimate of drug-likeness (QED) is 0.581. The summed E-state index contributed by atoms with van der Waals surface area (Å²) >= 11 is 0. The number of imide groups is 1. The molecule has 7 nitrogen and oxygen atoms in total. The Labute approximate surface area is 157 Å². The Bertz CT molecular complexity index is 973. The van der Waals surface area contributed by atoms with Crippen molar-refractivity contribution in [1.82, 2.24) is 9.62 Å². The summed E-state index contributed by atoms with van der Waals surface area (Å²) in [5.74, 6) is -0.509. The number of ether oxygens (including phenoxy) is 1. The van der Waals surface area contributed by atoms with Crippen LogP contribution in [0.1, 0.15) is 5.56 Å². The second-order valence-electron chi connectivity index (χ2n) is 5.87. The van der Waals surface area contributed by atoms with Gasteiger partial charge in [-0.15, -0.1) is 4.31 Å². The maximum absolute atomic E-state index is 12.8. The van der Waals surface area contributed by atoms with Crippen LogP contribution in [0.15, 0.2) is 72.1 Å². The number of amides is 3. The predicted molar refractivity (Wildman–Crippen MR) is 98.6 cm³/mol. The van der Waals surface area contributed by atoms with E-state index in [0.29, 0.717) is 5.75 Å². The summed E-state index contributed by atoms with van der Waals surface area (Å²) in [6, 6.07) is 12.8. The van der Waals surface area contributed by atoms with E-state index in [0.717, 1.165) is 5.56 Å². The molecule has 1 aliphatic rings. The van der Waals surface area contributed by atoms with Crippen molar-refractivity contribution in [2.24, 2.45) is 0 Å². The van der Waals surface area contributed by atoms with Crippen LogP contribution in [0.5, 0.6) is 5.75 Å². The molecule has 1 heterocycles.